The maximum Gasteiger partial charge on any atom is 0.242 e. The third-order valence-corrected chi connectivity index (χ3v) is 3.30. The lowest BCUT2D eigenvalue weighted by Crippen LogP contribution is -2.33. The molecule has 108 valence electrons. The van der Waals surface area contributed by atoms with E-state index in [-0.39, 0.29) is 23.7 Å². The minimum Gasteiger partial charge on any atom is -0.492 e. The van der Waals surface area contributed by atoms with Crippen LogP contribution in [-0.2, 0) is 9.03 Å². The predicted molar refractivity (Wildman–Crippen MR) is 64.7 cm³/mol. The molecule has 0 saturated carbocycles. The van der Waals surface area contributed by atoms with Crippen LogP contribution in [0.4, 0.5) is 0 Å². The highest BCUT2D eigenvalue weighted by Gasteiger charge is 2.44. The molecule has 0 unspecified atom stereocenters. The van der Waals surface area contributed by atoms with E-state index >= 15 is 0 Å². The number of hydrogen-bond donors (Lipinski definition) is 3. The molecule has 3 N–H and O–H groups in total. The third kappa shape index (κ3) is 2.00. The van der Waals surface area contributed by atoms with Crippen LogP contribution in [-0.4, -0.2) is 59.8 Å². The molecule has 2 aromatic heterocycles. The molecule has 1 fully saturated rings. The van der Waals surface area contributed by atoms with E-state index < -0.39 is 24.5 Å². The van der Waals surface area contributed by atoms with Crippen LogP contribution in [0, 0.1) is 0 Å². The number of fused-ring (bicyclic) bond motifs is 1. The monoisotopic (exact) mass is 302 g/mol. The first-order chi connectivity index (χ1) is 9.63. The van der Waals surface area contributed by atoms with Gasteiger partial charge in [-0.05, 0) is 0 Å². The summed E-state index contributed by atoms with van der Waals surface area (Å²) in [6.07, 6.45) is -1.56. The topological polar surface area (TPSA) is 123 Å². The van der Waals surface area contributed by atoms with Gasteiger partial charge in [-0.1, -0.05) is 0 Å². The van der Waals surface area contributed by atoms with Gasteiger partial charge < -0.3 is 20.1 Å². The van der Waals surface area contributed by atoms with Gasteiger partial charge in [-0.2, -0.15) is 4.98 Å². The second-order valence-corrected chi connectivity index (χ2v) is 4.56. The van der Waals surface area contributed by atoms with Gasteiger partial charge >= 0.3 is 0 Å². The number of aromatic hydroxyl groups is 1. The molecular formula is C10H11ClN4O5. The molecule has 3 heterocycles. The van der Waals surface area contributed by atoms with Gasteiger partial charge in [0, 0.05) is 0 Å². The maximum atomic E-state index is 10.0. The van der Waals surface area contributed by atoms with Gasteiger partial charge in [0.05, 0.1) is 24.8 Å². The summed E-state index contributed by atoms with van der Waals surface area (Å²) >= 11 is 5.14. The average molecular weight is 303 g/mol. The number of halogens is 1. The fourth-order valence-corrected chi connectivity index (χ4v) is 2.31. The van der Waals surface area contributed by atoms with E-state index in [1.54, 1.807) is 0 Å². The van der Waals surface area contributed by atoms with E-state index in [0.717, 1.165) is 6.33 Å². The first-order valence-electron chi connectivity index (χ1n) is 5.75. The number of aliphatic hydroxyl groups is 2. The maximum absolute atomic E-state index is 10.0. The van der Waals surface area contributed by atoms with Crippen molar-refractivity contribution < 1.29 is 24.3 Å². The van der Waals surface area contributed by atoms with E-state index in [9.17, 15) is 15.3 Å². The molecule has 3 rings (SSSR count). The number of rotatable bonds is 3. The van der Waals surface area contributed by atoms with Crippen molar-refractivity contribution in [2.75, 3.05) is 6.61 Å². The Morgan fingerprint density at radius 3 is 2.85 bits per heavy atom. The van der Waals surface area contributed by atoms with Crippen LogP contribution in [0.15, 0.2) is 12.7 Å². The van der Waals surface area contributed by atoms with Gasteiger partial charge in [-0.15, -0.1) is 0 Å². The number of nitrogens with zero attached hydrogens (tertiary/aromatic N) is 4. The standard InChI is InChI=1S/C10H11ClN4O5/c11-19-1-4-6(16)7(17)10(20-4)15-3-14-5-8(15)12-2-13-9(5)18/h2-4,6-7,10,16-17H,1H2,(H,12,13,18)/t4-,6-,7-,10-/m1/s1. The Kier molecular flexibility index (Phi) is 3.44. The minimum absolute atomic E-state index is 0.0802. The van der Waals surface area contributed by atoms with E-state index in [0.29, 0.717) is 0 Å². The molecule has 20 heavy (non-hydrogen) atoms. The lowest BCUT2D eigenvalue weighted by atomic mass is 10.1. The molecule has 1 aliphatic rings. The quantitative estimate of drug-likeness (QED) is 0.681. The van der Waals surface area contributed by atoms with Crippen molar-refractivity contribution in [2.24, 2.45) is 0 Å². The van der Waals surface area contributed by atoms with Crippen LogP contribution in [0.3, 0.4) is 0 Å². The lowest BCUT2D eigenvalue weighted by Gasteiger charge is -2.16. The summed E-state index contributed by atoms with van der Waals surface area (Å²) < 4.78 is 11.3. The second-order valence-electron chi connectivity index (χ2n) is 4.34. The van der Waals surface area contributed by atoms with Crippen molar-refractivity contribution in [3.8, 4) is 5.88 Å². The SMILES string of the molecule is Oc1ncnc2c1ncn2[C@@H]1O[C@H](COCl)[C@@H](O)[C@H]1O. The molecule has 10 heteroatoms. The number of imidazole rings is 1. The van der Waals surface area contributed by atoms with Crippen LogP contribution < -0.4 is 0 Å². The molecular weight excluding hydrogens is 292 g/mol. The Hall–Kier alpha value is -1.52. The highest BCUT2D eigenvalue weighted by molar-refractivity contribution is 6.07. The van der Waals surface area contributed by atoms with Gasteiger partial charge in [0.15, 0.2) is 17.4 Å². The highest BCUT2D eigenvalue weighted by Crippen LogP contribution is 2.32. The predicted octanol–water partition coefficient (Wildman–Crippen LogP) is -0.679. The fraction of sp³-hybridized carbons (Fsp3) is 0.500. The van der Waals surface area contributed by atoms with E-state index in [1.807, 2.05) is 0 Å². The van der Waals surface area contributed by atoms with E-state index in [2.05, 4.69) is 19.2 Å². The first-order valence-corrected chi connectivity index (χ1v) is 6.06. The smallest absolute Gasteiger partial charge is 0.242 e. The molecule has 4 atom stereocenters. The second kappa shape index (κ2) is 5.11. The zero-order chi connectivity index (χ0) is 14.3. The van der Waals surface area contributed by atoms with Crippen molar-refractivity contribution in [3.05, 3.63) is 12.7 Å². The summed E-state index contributed by atoms with van der Waals surface area (Å²) in [5, 5.41) is 29.4. The van der Waals surface area contributed by atoms with Gasteiger partial charge in [-0.3, -0.25) is 8.86 Å². The normalized spacial score (nSPS) is 30.1. The zero-order valence-electron chi connectivity index (χ0n) is 10.00. The molecule has 0 spiro atoms. The number of aliphatic hydroxyl groups excluding tert-OH is 2. The first kappa shape index (κ1) is 13.5. The Morgan fingerprint density at radius 1 is 1.30 bits per heavy atom. The molecule has 2 aromatic rings. The van der Waals surface area contributed by atoms with Gasteiger partial charge in [-0.25, -0.2) is 9.97 Å². The summed E-state index contributed by atoms with van der Waals surface area (Å²) in [5.74, 6) is -0.276. The third-order valence-electron chi connectivity index (χ3n) is 3.18. The average Bonchev–Trinajstić information content (AvgIpc) is 2.97. The molecule has 0 bridgehead atoms. The van der Waals surface area contributed by atoms with E-state index in [1.165, 1.54) is 10.9 Å². The Morgan fingerprint density at radius 2 is 2.10 bits per heavy atom. The van der Waals surface area contributed by atoms with Crippen LogP contribution in [0.1, 0.15) is 6.23 Å². The lowest BCUT2D eigenvalue weighted by molar-refractivity contribution is -0.0465. The fourth-order valence-electron chi connectivity index (χ4n) is 2.18. The summed E-state index contributed by atoms with van der Waals surface area (Å²) in [4.78, 5) is 11.5. The Bertz CT molecular complexity index is 623. The molecule has 0 radical (unpaired) electrons. The van der Waals surface area contributed by atoms with Crippen LogP contribution in [0.5, 0.6) is 5.88 Å². The molecule has 1 saturated heterocycles. The summed E-state index contributed by atoms with van der Waals surface area (Å²) in [6, 6.07) is 0. The van der Waals surface area contributed by atoms with Gasteiger partial charge in [0.2, 0.25) is 5.88 Å². The van der Waals surface area contributed by atoms with Crippen LogP contribution in [0.2, 0.25) is 0 Å². The van der Waals surface area contributed by atoms with Crippen LogP contribution >= 0.6 is 11.9 Å². The van der Waals surface area contributed by atoms with Crippen molar-refractivity contribution in [3.63, 3.8) is 0 Å². The zero-order valence-corrected chi connectivity index (χ0v) is 10.8. The van der Waals surface area contributed by atoms with E-state index in [4.69, 9.17) is 16.6 Å². The number of hydrogen-bond acceptors (Lipinski definition) is 8. The van der Waals surface area contributed by atoms with Crippen LogP contribution in [0.25, 0.3) is 11.2 Å². The minimum atomic E-state index is -1.21. The van der Waals surface area contributed by atoms with Gasteiger partial charge in [0.1, 0.15) is 24.6 Å². The Balaban J connectivity index is 1.97. The Labute approximate surface area is 117 Å². The van der Waals surface area contributed by atoms with Crippen molar-refractivity contribution in [1.82, 2.24) is 19.5 Å². The molecule has 9 nitrogen and oxygen atoms in total. The highest BCUT2D eigenvalue weighted by atomic mass is 35.5. The molecule has 0 aromatic carbocycles. The van der Waals surface area contributed by atoms with Gasteiger partial charge in [0.25, 0.3) is 0 Å². The number of ether oxygens (including phenoxy) is 1. The summed E-state index contributed by atoms with van der Waals surface area (Å²) in [5.41, 5.74) is 0.455. The summed E-state index contributed by atoms with van der Waals surface area (Å²) in [6.45, 7) is -0.0802. The van der Waals surface area contributed by atoms with Crippen molar-refractivity contribution in [2.45, 2.75) is 24.5 Å². The number of aromatic nitrogens is 4. The molecule has 1 aliphatic heterocycles. The molecule has 0 aliphatic carbocycles. The summed E-state index contributed by atoms with van der Waals surface area (Å²) in [7, 11) is 0. The van der Waals surface area contributed by atoms with Crippen molar-refractivity contribution >= 4 is 23.0 Å². The largest absolute Gasteiger partial charge is 0.492 e. The van der Waals surface area contributed by atoms with Crippen molar-refractivity contribution in [1.29, 1.82) is 0 Å². The molecule has 0 amide bonds.